The van der Waals surface area contributed by atoms with E-state index < -0.39 is 5.54 Å². The monoisotopic (exact) mass is 475 g/mol. The van der Waals surface area contributed by atoms with Crippen LogP contribution < -0.4 is 15.5 Å². The number of oxime groups is 1. The average Bonchev–Trinajstić information content (AvgIpc) is 3.38. The molecule has 1 saturated carbocycles. The molecule has 1 aliphatic carbocycles. The van der Waals surface area contributed by atoms with E-state index in [0.717, 1.165) is 35.4 Å². The van der Waals surface area contributed by atoms with Gasteiger partial charge in [0.1, 0.15) is 11.2 Å². The lowest BCUT2D eigenvalue weighted by molar-refractivity contribution is -0.0276. The average molecular weight is 476 g/mol. The molecule has 2 heterocycles. The predicted octanol–water partition coefficient (Wildman–Crippen LogP) is 4.01. The molecule has 35 heavy (non-hydrogen) atoms. The highest BCUT2D eigenvalue weighted by Crippen LogP contribution is 2.53. The first kappa shape index (κ1) is 23.2. The van der Waals surface area contributed by atoms with Gasteiger partial charge >= 0.3 is 0 Å². The molecule has 184 valence electrons. The van der Waals surface area contributed by atoms with Crippen LogP contribution in [0.4, 0.5) is 11.4 Å². The van der Waals surface area contributed by atoms with E-state index in [9.17, 15) is 10.0 Å². The molecule has 2 fully saturated rings. The highest BCUT2D eigenvalue weighted by Gasteiger charge is 2.58. The van der Waals surface area contributed by atoms with Crippen LogP contribution in [0, 0.1) is 5.92 Å². The van der Waals surface area contributed by atoms with Crippen molar-refractivity contribution in [2.75, 3.05) is 36.5 Å². The van der Waals surface area contributed by atoms with E-state index in [1.165, 1.54) is 0 Å². The summed E-state index contributed by atoms with van der Waals surface area (Å²) in [5.41, 5.74) is 8.58. The number of amidine groups is 1. The van der Waals surface area contributed by atoms with Gasteiger partial charge in [-0.25, -0.2) is 0 Å². The Hall–Kier alpha value is -3.52. The molecule has 2 atom stereocenters. The lowest BCUT2D eigenvalue weighted by Gasteiger charge is -2.39. The van der Waals surface area contributed by atoms with E-state index in [4.69, 9.17) is 10.5 Å². The highest BCUT2D eigenvalue weighted by atomic mass is 16.5. The topological polar surface area (TPSA) is 96.3 Å². The molecule has 1 amide bonds. The van der Waals surface area contributed by atoms with Crippen LogP contribution in [0.15, 0.2) is 59.8 Å². The molecule has 1 aromatic heterocycles. The molecule has 2 aliphatic rings. The number of carbonyl (C=O) groups excluding carboxylic acids is 1. The van der Waals surface area contributed by atoms with Crippen LogP contribution in [0.2, 0.25) is 0 Å². The van der Waals surface area contributed by atoms with Crippen LogP contribution in [0.3, 0.4) is 0 Å². The predicted molar refractivity (Wildman–Crippen MR) is 139 cm³/mol. The number of hydrogen-bond donors (Lipinski definition) is 2. The zero-order chi connectivity index (χ0) is 25.0. The van der Waals surface area contributed by atoms with Crippen molar-refractivity contribution < 1.29 is 14.7 Å². The summed E-state index contributed by atoms with van der Waals surface area (Å²) in [6.45, 7) is 8.51. The van der Waals surface area contributed by atoms with Crippen LogP contribution in [0.1, 0.15) is 37.7 Å². The maximum absolute atomic E-state index is 13.8. The van der Waals surface area contributed by atoms with Crippen molar-refractivity contribution in [2.45, 2.75) is 38.3 Å². The van der Waals surface area contributed by atoms with Gasteiger partial charge < -0.3 is 30.0 Å². The van der Waals surface area contributed by atoms with E-state index in [2.05, 4.69) is 43.0 Å². The standard InChI is InChI=1S/C27H33N5O3/c1-18-16-27(18,25(28)29-34)32-22-11-10-21(31-12-13-35-26(2,3)17-31)14-19(22)15-23(32)24(33)30(4)20-8-6-5-7-9-20/h5-11,14-15,18,34H,12-13,16-17H2,1-4H3,(H2,28,29)/t18-,27-/m0/s1. The number of anilines is 2. The first-order valence-corrected chi connectivity index (χ1v) is 12.0. The Morgan fingerprint density at radius 3 is 2.54 bits per heavy atom. The fraction of sp³-hybridized carbons (Fsp3) is 0.407. The number of nitrogens with zero attached hydrogens (tertiary/aromatic N) is 4. The Kier molecular flexibility index (Phi) is 5.51. The van der Waals surface area contributed by atoms with Gasteiger partial charge in [0.15, 0.2) is 5.84 Å². The third-order valence-corrected chi connectivity index (χ3v) is 7.47. The normalized spacial score (nSPS) is 23.9. The summed E-state index contributed by atoms with van der Waals surface area (Å²) in [7, 11) is 1.77. The summed E-state index contributed by atoms with van der Waals surface area (Å²) in [5.74, 6) is 0.103. The molecule has 0 spiro atoms. The SMILES string of the molecule is C[C@H]1C[C@]1(C(N)=NO)n1c(C(=O)N(C)c2ccccc2)cc2cc(N3CCOC(C)(C)C3)ccc21. The number of amides is 1. The first-order chi connectivity index (χ1) is 16.7. The van der Waals surface area contributed by atoms with Crippen molar-refractivity contribution in [3.8, 4) is 0 Å². The number of morpholine rings is 1. The van der Waals surface area contributed by atoms with Crippen molar-refractivity contribution in [1.29, 1.82) is 0 Å². The van der Waals surface area contributed by atoms with Gasteiger partial charge in [0.2, 0.25) is 0 Å². The van der Waals surface area contributed by atoms with Gasteiger partial charge in [0.25, 0.3) is 5.91 Å². The lowest BCUT2D eigenvalue weighted by Crippen LogP contribution is -2.48. The summed E-state index contributed by atoms with van der Waals surface area (Å²) in [4.78, 5) is 17.8. The van der Waals surface area contributed by atoms with Crippen LogP contribution in [-0.2, 0) is 10.3 Å². The molecule has 5 rings (SSSR count). The molecule has 3 N–H and O–H groups in total. The quantitative estimate of drug-likeness (QED) is 0.252. The van der Waals surface area contributed by atoms with E-state index in [-0.39, 0.29) is 23.3 Å². The summed E-state index contributed by atoms with van der Waals surface area (Å²) in [6, 6.07) is 17.7. The highest BCUT2D eigenvalue weighted by molar-refractivity contribution is 6.09. The fourth-order valence-corrected chi connectivity index (χ4v) is 5.44. The number of fused-ring (bicyclic) bond motifs is 1. The Bertz CT molecular complexity index is 1300. The van der Waals surface area contributed by atoms with Crippen molar-refractivity contribution in [3.05, 3.63) is 60.3 Å². The van der Waals surface area contributed by atoms with Crippen molar-refractivity contribution in [1.82, 2.24) is 4.57 Å². The van der Waals surface area contributed by atoms with Gasteiger partial charge in [0, 0.05) is 42.4 Å². The smallest absolute Gasteiger partial charge is 0.274 e. The van der Waals surface area contributed by atoms with E-state index in [0.29, 0.717) is 18.7 Å². The second-order valence-corrected chi connectivity index (χ2v) is 10.4. The molecular formula is C27H33N5O3. The van der Waals surface area contributed by atoms with Crippen LogP contribution in [0.5, 0.6) is 0 Å². The van der Waals surface area contributed by atoms with Gasteiger partial charge in [-0.05, 0) is 62.6 Å². The van der Waals surface area contributed by atoms with Gasteiger partial charge in [-0.15, -0.1) is 0 Å². The van der Waals surface area contributed by atoms with Crippen LogP contribution in [-0.4, -0.2) is 53.9 Å². The molecule has 0 unspecified atom stereocenters. The Labute approximate surface area is 205 Å². The minimum Gasteiger partial charge on any atom is -0.409 e. The van der Waals surface area contributed by atoms with Gasteiger partial charge in [-0.1, -0.05) is 30.3 Å². The molecule has 0 bridgehead atoms. The van der Waals surface area contributed by atoms with Gasteiger partial charge in [-0.2, -0.15) is 0 Å². The minimum atomic E-state index is -0.735. The van der Waals surface area contributed by atoms with Crippen molar-refractivity contribution >= 4 is 34.0 Å². The van der Waals surface area contributed by atoms with Crippen molar-refractivity contribution in [3.63, 3.8) is 0 Å². The molecule has 2 aromatic carbocycles. The number of hydrogen-bond acceptors (Lipinski definition) is 5. The second-order valence-electron chi connectivity index (χ2n) is 10.4. The van der Waals surface area contributed by atoms with Crippen LogP contribution >= 0.6 is 0 Å². The third-order valence-electron chi connectivity index (χ3n) is 7.47. The summed E-state index contributed by atoms with van der Waals surface area (Å²) < 4.78 is 7.87. The van der Waals surface area contributed by atoms with E-state index in [1.807, 2.05) is 47.0 Å². The number of para-hydroxylation sites is 1. The minimum absolute atomic E-state index is 0.123. The fourth-order valence-electron chi connectivity index (χ4n) is 5.44. The second kappa shape index (κ2) is 8.30. The zero-order valence-electron chi connectivity index (χ0n) is 20.7. The molecule has 8 nitrogen and oxygen atoms in total. The van der Waals surface area contributed by atoms with E-state index in [1.54, 1.807) is 11.9 Å². The Balaban J connectivity index is 1.64. The molecule has 1 saturated heterocycles. The lowest BCUT2D eigenvalue weighted by atomic mass is 10.1. The van der Waals surface area contributed by atoms with Crippen LogP contribution in [0.25, 0.3) is 10.9 Å². The van der Waals surface area contributed by atoms with Crippen molar-refractivity contribution in [2.24, 2.45) is 16.8 Å². The Morgan fingerprint density at radius 2 is 1.91 bits per heavy atom. The summed E-state index contributed by atoms with van der Waals surface area (Å²) in [5, 5.41) is 13.9. The number of aromatic nitrogens is 1. The third kappa shape index (κ3) is 3.82. The molecular weight excluding hydrogens is 442 g/mol. The number of benzene rings is 2. The molecule has 3 aromatic rings. The summed E-state index contributed by atoms with van der Waals surface area (Å²) >= 11 is 0. The van der Waals surface area contributed by atoms with E-state index >= 15 is 0 Å². The largest absolute Gasteiger partial charge is 0.409 e. The first-order valence-electron chi connectivity index (χ1n) is 12.0. The maximum atomic E-state index is 13.8. The maximum Gasteiger partial charge on any atom is 0.274 e. The summed E-state index contributed by atoms with van der Waals surface area (Å²) in [6.07, 6.45) is 0.696. The number of ether oxygens (including phenoxy) is 1. The van der Waals surface area contributed by atoms with Gasteiger partial charge in [-0.3, -0.25) is 4.79 Å². The number of nitrogens with two attached hydrogens (primary N) is 1. The number of rotatable bonds is 5. The Morgan fingerprint density at radius 1 is 1.20 bits per heavy atom. The van der Waals surface area contributed by atoms with Gasteiger partial charge in [0.05, 0.1) is 12.2 Å². The zero-order valence-corrected chi connectivity index (χ0v) is 20.7. The number of carbonyl (C=O) groups is 1. The molecule has 0 radical (unpaired) electrons. The molecule has 1 aliphatic heterocycles. The molecule has 8 heteroatoms.